The maximum Gasteiger partial charge on any atom is 0.170 e. The zero-order chi connectivity index (χ0) is 22.6. The van der Waals surface area contributed by atoms with Gasteiger partial charge in [-0.15, -0.1) is 0 Å². The molecule has 1 aliphatic heterocycles. The van der Waals surface area contributed by atoms with Gasteiger partial charge in [0.1, 0.15) is 12.7 Å². The van der Waals surface area contributed by atoms with Crippen LogP contribution >= 0.6 is 0 Å². The highest BCUT2D eigenvalue weighted by Gasteiger charge is 2.18. The monoisotopic (exact) mass is 441 g/mol. The van der Waals surface area contributed by atoms with Gasteiger partial charge in [0.25, 0.3) is 0 Å². The van der Waals surface area contributed by atoms with Gasteiger partial charge in [0.05, 0.1) is 0 Å². The summed E-state index contributed by atoms with van der Waals surface area (Å²) in [6.07, 6.45) is 4.49. The van der Waals surface area contributed by atoms with Crippen molar-refractivity contribution < 1.29 is 0 Å². The number of aromatic nitrogens is 4. The lowest BCUT2D eigenvalue weighted by molar-refractivity contribution is 0.257. The van der Waals surface area contributed by atoms with E-state index >= 15 is 0 Å². The topological polar surface area (TPSA) is 62.1 Å². The Hall–Kier alpha value is -3.45. The molecule has 3 heterocycles. The van der Waals surface area contributed by atoms with E-state index in [9.17, 15) is 0 Å². The summed E-state index contributed by atoms with van der Waals surface area (Å²) >= 11 is 0. The first kappa shape index (κ1) is 21.4. The first-order valence-electron chi connectivity index (χ1n) is 11.7. The molecule has 170 valence electrons. The lowest BCUT2D eigenvalue weighted by Gasteiger charge is -2.37. The standard InChI is InChI=1S/C26H31N7/c1-20-8-6-11-23(21(20)2)32-16-14-31(15-17-32)13-7-12-27-25-24-26(29-18-28-25)33(19-30-24)22-9-4-3-5-10-22/h3-6,8-11,18-19H,7,12-17H2,1-2H3,(H,27,28,29). The van der Waals surface area contributed by atoms with Gasteiger partial charge in [-0.2, -0.15) is 0 Å². The Morgan fingerprint density at radius 3 is 2.52 bits per heavy atom. The Morgan fingerprint density at radius 1 is 0.879 bits per heavy atom. The molecular formula is C26H31N7. The van der Waals surface area contributed by atoms with Crippen LogP contribution < -0.4 is 10.2 Å². The van der Waals surface area contributed by atoms with Crippen LogP contribution in [-0.2, 0) is 0 Å². The molecule has 1 saturated heterocycles. The summed E-state index contributed by atoms with van der Waals surface area (Å²) in [7, 11) is 0. The number of rotatable bonds is 7. The fourth-order valence-corrected chi connectivity index (χ4v) is 4.54. The van der Waals surface area contributed by atoms with Gasteiger partial charge < -0.3 is 10.2 Å². The van der Waals surface area contributed by atoms with Crippen molar-refractivity contribution in [3.05, 3.63) is 72.3 Å². The molecule has 7 heteroatoms. The molecule has 1 N–H and O–H groups in total. The Labute approximate surface area is 195 Å². The van der Waals surface area contributed by atoms with Crippen molar-refractivity contribution in [3.8, 4) is 5.69 Å². The molecule has 1 aliphatic rings. The molecule has 0 aliphatic carbocycles. The van der Waals surface area contributed by atoms with E-state index in [0.717, 1.165) is 68.4 Å². The molecular weight excluding hydrogens is 410 g/mol. The Bertz CT molecular complexity index is 1210. The predicted octanol–water partition coefficient (Wildman–Crippen LogP) is 4.06. The number of fused-ring (bicyclic) bond motifs is 1. The summed E-state index contributed by atoms with van der Waals surface area (Å²) in [5.41, 5.74) is 6.84. The van der Waals surface area contributed by atoms with Gasteiger partial charge in [0.15, 0.2) is 17.0 Å². The summed E-state index contributed by atoms with van der Waals surface area (Å²) in [5, 5.41) is 3.48. The maximum atomic E-state index is 4.57. The summed E-state index contributed by atoms with van der Waals surface area (Å²) < 4.78 is 2.00. The van der Waals surface area contributed by atoms with Crippen LogP contribution in [0.5, 0.6) is 0 Å². The molecule has 0 saturated carbocycles. The molecule has 2 aromatic carbocycles. The average Bonchev–Trinajstić information content (AvgIpc) is 3.30. The van der Waals surface area contributed by atoms with Crippen LogP contribution in [0, 0.1) is 13.8 Å². The van der Waals surface area contributed by atoms with Crippen LogP contribution in [0.2, 0.25) is 0 Å². The zero-order valence-corrected chi connectivity index (χ0v) is 19.4. The summed E-state index contributed by atoms with van der Waals surface area (Å²) in [6, 6.07) is 16.8. The van der Waals surface area contributed by atoms with Crippen LogP contribution in [-0.4, -0.2) is 63.7 Å². The first-order valence-corrected chi connectivity index (χ1v) is 11.7. The zero-order valence-electron chi connectivity index (χ0n) is 19.4. The van der Waals surface area contributed by atoms with Crippen molar-refractivity contribution in [2.24, 2.45) is 0 Å². The van der Waals surface area contributed by atoms with E-state index < -0.39 is 0 Å². The number of anilines is 2. The first-order chi connectivity index (χ1) is 16.2. The van der Waals surface area contributed by atoms with Gasteiger partial charge in [0, 0.05) is 44.1 Å². The van der Waals surface area contributed by atoms with Gasteiger partial charge in [-0.05, 0) is 56.1 Å². The second-order valence-electron chi connectivity index (χ2n) is 8.67. The molecule has 0 spiro atoms. The highest BCUT2D eigenvalue weighted by Crippen LogP contribution is 2.24. The van der Waals surface area contributed by atoms with Crippen molar-refractivity contribution in [3.63, 3.8) is 0 Å². The minimum absolute atomic E-state index is 0.800. The molecule has 0 unspecified atom stereocenters. The van der Waals surface area contributed by atoms with Crippen LogP contribution in [0.3, 0.4) is 0 Å². The van der Waals surface area contributed by atoms with Gasteiger partial charge >= 0.3 is 0 Å². The number of aryl methyl sites for hydroxylation is 1. The third-order valence-corrected chi connectivity index (χ3v) is 6.60. The highest BCUT2D eigenvalue weighted by atomic mass is 15.3. The number of para-hydroxylation sites is 1. The van der Waals surface area contributed by atoms with Crippen LogP contribution in [0.25, 0.3) is 16.9 Å². The van der Waals surface area contributed by atoms with E-state index in [1.807, 2.05) is 29.1 Å². The predicted molar refractivity (Wildman–Crippen MR) is 134 cm³/mol. The molecule has 0 radical (unpaired) electrons. The number of hydrogen-bond acceptors (Lipinski definition) is 6. The van der Waals surface area contributed by atoms with Crippen molar-refractivity contribution in [2.45, 2.75) is 20.3 Å². The molecule has 5 rings (SSSR count). The van der Waals surface area contributed by atoms with E-state index in [2.05, 4.69) is 74.2 Å². The van der Waals surface area contributed by atoms with Crippen molar-refractivity contribution in [1.82, 2.24) is 24.4 Å². The number of imidazole rings is 1. The fraction of sp³-hybridized carbons (Fsp3) is 0.346. The quantitative estimate of drug-likeness (QED) is 0.437. The summed E-state index contributed by atoms with van der Waals surface area (Å²) in [5.74, 6) is 0.800. The number of nitrogens with zero attached hydrogens (tertiary/aromatic N) is 6. The molecule has 7 nitrogen and oxygen atoms in total. The second kappa shape index (κ2) is 9.58. The fourth-order valence-electron chi connectivity index (χ4n) is 4.54. The van der Waals surface area contributed by atoms with E-state index in [4.69, 9.17) is 0 Å². The maximum absolute atomic E-state index is 4.57. The van der Waals surface area contributed by atoms with Crippen LogP contribution in [0.15, 0.2) is 61.2 Å². The minimum Gasteiger partial charge on any atom is -0.369 e. The largest absolute Gasteiger partial charge is 0.369 e. The van der Waals surface area contributed by atoms with E-state index in [1.54, 1.807) is 6.33 Å². The molecule has 33 heavy (non-hydrogen) atoms. The normalized spacial score (nSPS) is 14.7. The van der Waals surface area contributed by atoms with E-state index in [1.165, 1.54) is 16.8 Å². The number of hydrogen-bond donors (Lipinski definition) is 1. The van der Waals surface area contributed by atoms with E-state index in [-0.39, 0.29) is 0 Å². The van der Waals surface area contributed by atoms with Gasteiger partial charge in [0.2, 0.25) is 0 Å². The van der Waals surface area contributed by atoms with E-state index in [0.29, 0.717) is 0 Å². The lowest BCUT2D eigenvalue weighted by Crippen LogP contribution is -2.47. The van der Waals surface area contributed by atoms with Crippen LogP contribution in [0.4, 0.5) is 11.5 Å². The van der Waals surface area contributed by atoms with Gasteiger partial charge in [-0.25, -0.2) is 15.0 Å². The van der Waals surface area contributed by atoms with Gasteiger partial charge in [-0.3, -0.25) is 9.47 Å². The third-order valence-electron chi connectivity index (χ3n) is 6.60. The second-order valence-corrected chi connectivity index (χ2v) is 8.67. The SMILES string of the molecule is Cc1cccc(N2CCN(CCCNc3ncnc4c3ncn4-c3ccccc3)CC2)c1C. The van der Waals surface area contributed by atoms with Gasteiger partial charge in [-0.1, -0.05) is 30.3 Å². The minimum atomic E-state index is 0.800. The number of benzene rings is 2. The van der Waals surface area contributed by atoms with Crippen molar-refractivity contribution in [1.29, 1.82) is 0 Å². The molecule has 1 fully saturated rings. The Morgan fingerprint density at radius 2 is 1.70 bits per heavy atom. The molecule has 0 bridgehead atoms. The number of nitrogens with one attached hydrogen (secondary N) is 1. The van der Waals surface area contributed by atoms with Crippen molar-refractivity contribution in [2.75, 3.05) is 49.5 Å². The van der Waals surface area contributed by atoms with Crippen LogP contribution in [0.1, 0.15) is 17.5 Å². The molecule has 0 atom stereocenters. The molecule has 0 amide bonds. The lowest BCUT2D eigenvalue weighted by atomic mass is 10.1. The smallest absolute Gasteiger partial charge is 0.170 e. The summed E-state index contributed by atoms with van der Waals surface area (Å²) in [6.45, 7) is 10.7. The third kappa shape index (κ3) is 4.54. The molecule has 4 aromatic rings. The molecule has 2 aromatic heterocycles. The Kier molecular flexibility index (Phi) is 6.21. The Balaban J connectivity index is 1.13. The van der Waals surface area contributed by atoms with Crippen molar-refractivity contribution >= 4 is 22.7 Å². The summed E-state index contributed by atoms with van der Waals surface area (Å²) in [4.78, 5) is 18.6. The average molecular weight is 442 g/mol. The highest BCUT2D eigenvalue weighted by molar-refractivity contribution is 5.83. The number of piperazine rings is 1.